The minimum atomic E-state index is 0.126. The van der Waals surface area contributed by atoms with Gasteiger partial charge in [0.2, 0.25) is 0 Å². The molecule has 0 spiro atoms. The fraction of sp³-hybridized carbons (Fsp3) is 0.714. The number of hydrogen-bond donors (Lipinski definition) is 0. The second-order valence-corrected chi connectivity index (χ2v) is 6.05. The number of hydrogen-bond acceptors (Lipinski definition) is 5. The van der Waals surface area contributed by atoms with Crippen LogP contribution < -0.4 is 4.90 Å². The summed E-state index contributed by atoms with van der Waals surface area (Å²) in [6, 6.07) is 0.625. The number of Topliss-reactive ketones (excluding diaryl/α,β-unsaturated/α-hetero) is 1. The van der Waals surface area contributed by atoms with Crippen LogP contribution in [0.2, 0.25) is 0 Å². The van der Waals surface area contributed by atoms with Gasteiger partial charge in [0.15, 0.2) is 10.9 Å². The summed E-state index contributed by atoms with van der Waals surface area (Å²) in [5.41, 5.74) is 0.874. The first-order valence-corrected chi connectivity index (χ1v) is 7.85. The molecular weight excluding hydrogens is 258 g/mol. The van der Waals surface area contributed by atoms with Gasteiger partial charge in [-0.3, -0.25) is 9.69 Å². The topological polar surface area (TPSA) is 36.4 Å². The van der Waals surface area contributed by atoms with Crippen LogP contribution in [0.4, 0.5) is 5.13 Å². The summed E-state index contributed by atoms with van der Waals surface area (Å²) in [5, 5.41) is 1.01. The van der Waals surface area contributed by atoms with Gasteiger partial charge < -0.3 is 4.90 Å². The summed E-state index contributed by atoms with van der Waals surface area (Å²) in [6.45, 7) is 12.3. The van der Waals surface area contributed by atoms with Crippen LogP contribution in [0.15, 0.2) is 0 Å². The zero-order chi connectivity index (χ0) is 14.0. The third-order valence-electron chi connectivity index (χ3n) is 3.87. The predicted molar refractivity (Wildman–Crippen MR) is 80.4 cm³/mol. The van der Waals surface area contributed by atoms with Crippen molar-refractivity contribution >= 4 is 22.3 Å². The summed E-state index contributed by atoms with van der Waals surface area (Å²) in [6.07, 6.45) is 1.19. The molecule has 0 bridgehead atoms. The van der Waals surface area contributed by atoms with Crippen LogP contribution >= 0.6 is 11.3 Å². The molecule has 1 aromatic heterocycles. The standard InChI is InChI=1S/C14H23N3OS/c1-5-16(6-2)12-7-8-17(9-12)14-15-10(3)13(19-14)11(4)18/h12H,5-9H2,1-4H3. The molecule has 4 nitrogen and oxygen atoms in total. The molecule has 2 rings (SSSR count). The molecule has 0 aliphatic carbocycles. The van der Waals surface area contributed by atoms with Crippen molar-refractivity contribution in [2.24, 2.45) is 0 Å². The fourth-order valence-corrected chi connectivity index (χ4v) is 3.79. The quantitative estimate of drug-likeness (QED) is 0.777. The summed E-state index contributed by atoms with van der Waals surface area (Å²) < 4.78 is 0. The second-order valence-electron chi connectivity index (χ2n) is 5.08. The van der Waals surface area contributed by atoms with Crippen molar-refractivity contribution in [2.75, 3.05) is 31.1 Å². The summed E-state index contributed by atoms with van der Waals surface area (Å²) in [4.78, 5) is 21.7. The van der Waals surface area contributed by atoms with E-state index in [0.29, 0.717) is 6.04 Å². The average molecular weight is 281 g/mol. The van der Waals surface area contributed by atoms with Crippen molar-refractivity contribution in [3.05, 3.63) is 10.6 Å². The van der Waals surface area contributed by atoms with Crippen LogP contribution in [0.25, 0.3) is 0 Å². The maximum absolute atomic E-state index is 11.5. The van der Waals surface area contributed by atoms with Crippen LogP contribution in [-0.2, 0) is 0 Å². The van der Waals surface area contributed by atoms with Crippen molar-refractivity contribution < 1.29 is 4.79 Å². The second kappa shape index (κ2) is 6.01. The maximum atomic E-state index is 11.5. The lowest BCUT2D eigenvalue weighted by Gasteiger charge is -2.25. The number of ketones is 1. The van der Waals surface area contributed by atoms with Gasteiger partial charge in [-0.25, -0.2) is 4.98 Å². The number of nitrogens with zero attached hydrogens (tertiary/aromatic N) is 3. The van der Waals surface area contributed by atoms with E-state index in [1.54, 1.807) is 18.3 Å². The zero-order valence-corrected chi connectivity index (χ0v) is 13.1. The molecule has 1 atom stereocenters. The molecule has 2 heterocycles. The highest BCUT2D eigenvalue weighted by molar-refractivity contribution is 7.17. The fourth-order valence-electron chi connectivity index (χ4n) is 2.80. The van der Waals surface area contributed by atoms with E-state index in [1.165, 1.54) is 6.42 Å². The third-order valence-corrected chi connectivity index (χ3v) is 5.19. The number of aryl methyl sites for hydroxylation is 1. The van der Waals surface area contributed by atoms with Crippen molar-refractivity contribution in [3.63, 3.8) is 0 Å². The molecule has 19 heavy (non-hydrogen) atoms. The lowest BCUT2D eigenvalue weighted by atomic mass is 10.2. The number of thiazole rings is 1. The van der Waals surface area contributed by atoms with E-state index in [1.807, 2.05) is 6.92 Å². The highest BCUT2D eigenvalue weighted by Gasteiger charge is 2.28. The molecule has 1 aromatic rings. The Kier molecular flexibility index (Phi) is 4.58. The summed E-state index contributed by atoms with van der Waals surface area (Å²) in [7, 11) is 0. The van der Waals surface area contributed by atoms with Gasteiger partial charge in [0.1, 0.15) is 0 Å². The van der Waals surface area contributed by atoms with Gasteiger partial charge in [-0.05, 0) is 26.4 Å². The number of aromatic nitrogens is 1. The Bertz CT molecular complexity index is 454. The van der Waals surface area contributed by atoms with Crippen molar-refractivity contribution in [1.29, 1.82) is 0 Å². The van der Waals surface area contributed by atoms with E-state index in [4.69, 9.17) is 0 Å². The predicted octanol–water partition coefficient (Wildman–Crippen LogP) is 2.57. The Morgan fingerprint density at radius 1 is 1.47 bits per heavy atom. The van der Waals surface area contributed by atoms with Crippen LogP contribution in [0.1, 0.15) is 42.6 Å². The van der Waals surface area contributed by atoms with Crippen LogP contribution in [0.3, 0.4) is 0 Å². The molecule has 1 fully saturated rings. The molecule has 0 N–H and O–H groups in total. The molecule has 1 aliphatic rings. The number of carbonyl (C=O) groups excluding carboxylic acids is 1. The van der Waals surface area contributed by atoms with Crippen molar-refractivity contribution in [2.45, 2.75) is 40.2 Å². The smallest absolute Gasteiger partial charge is 0.186 e. The molecule has 5 heteroatoms. The summed E-state index contributed by atoms with van der Waals surface area (Å²) >= 11 is 1.54. The Labute approximate surface area is 119 Å². The minimum Gasteiger partial charge on any atom is -0.346 e. The number of likely N-dealkylation sites (N-methyl/N-ethyl adjacent to an activating group) is 1. The summed E-state index contributed by atoms with van der Waals surface area (Å²) in [5.74, 6) is 0.126. The Balaban J connectivity index is 2.08. The first kappa shape index (κ1) is 14.5. The van der Waals surface area contributed by atoms with E-state index in [-0.39, 0.29) is 5.78 Å². The number of carbonyl (C=O) groups is 1. The number of anilines is 1. The van der Waals surface area contributed by atoms with Gasteiger partial charge in [0, 0.05) is 26.1 Å². The normalized spacial score (nSPS) is 19.4. The van der Waals surface area contributed by atoms with E-state index in [0.717, 1.165) is 41.9 Å². The Morgan fingerprint density at radius 3 is 2.68 bits per heavy atom. The van der Waals surface area contributed by atoms with E-state index < -0.39 is 0 Å². The van der Waals surface area contributed by atoms with E-state index >= 15 is 0 Å². The highest BCUT2D eigenvalue weighted by Crippen LogP contribution is 2.30. The van der Waals surface area contributed by atoms with Gasteiger partial charge in [-0.2, -0.15) is 0 Å². The molecule has 0 amide bonds. The molecule has 1 unspecified atom stereocenters. The molecule has 0 saturated carbocycles. The average Bonchev–Trinajstić information content (AvgIpc) is 2.97. The molecule has 1 aliphatic heterocycles. The van der Waals surface area contributed by atoms with E-state index in [2.05, 4.69) is 28.6 Å². The van der Waals surface area contributed by atoms with Crippen molar-refractivity contribution in [1.82, 2.24) is 9.88 Å². The molecule has 106 valence electrons. The Hall–Kier alpha value is -0.940. The van der Waals surface area contributed by atoms with Gasteiger partial charge in [0.05, 0.1) is 10.6 Å². The van der Waals surface area contributed by atoms with Crippen LogP contribution in [0.5, 0.6) is 0 Å². The molecule has 0 aromatic carbocycles. The van der Waals surface area contributed by atoms with Gasteiger partial charge in [-0.1, -0.05) is 25.2 Å². The molecule has 0 radical (unpaired) electrons. The monoisotopic (exact) mass is 281 g/mol. The lowest BCUT2D eigenvalue weighted by Crippen LogP contribution is -2.37. The largest absolute Gasteiger partial charge is 0.346 e. The first-order chi connectivity index (χ1) is 9.06. The minimum absolute atomic E-state index is 0.126. The third kappa shape index (κ3) is 2.98. The lowest BCUT2D eigenvalue weighted by molar-refractivity contribution is 0.102. The van der Waals surface area contributed by atoms with Gasteiger partial charge in [0.25, 0.3) is 0 Å². The SMILES string of the molecule is CCN(CC)C1CCN(c2nc(C)c(C(C)=O)s2)C1. The van der Waals surface area contributed by atoms with Crippen LogP contribution in [0, 0.1) is 6.92 Å². The van der Waals surface area contributed by atoms with Gasteiger partial charge >= 0.3 is 0 Å². The first-order valence-electron chi connectivity index (χ1n) is 7.04. The number of rotatable bonds is 5. The van der Waals surface area contributed by atoms with Crippen LogP contribution in [-0.4, -0.2) is 47.9 Å². The zero-order valence-electron chi connectivity index (χ0n) is 12.3. The van der Waals surface area contributed by atoms with E-state index in [9.17, 15) is 4.79 Å². The van der Waals surface area contributed by atoms with Crippen molar-refractivity contribution in [3.8, 4) is 0 Å². The maximum Gasteiger partial charge on any atom is 0.186 e. The molecular formula is C14H23N3OS. The Morgan fingerprint density at radius 2 is 2.16 bits per heavy atom. The molecule has 1 saturated heterocycles. The highest BCUT2D eigenvalue weighted by atomic mass is 32.1. The van der Waals surface area contributed by atoms with Gasteiger partial charge in [-0.15, -0.1) is 0 Å².